The lowest BCUT2D eigenvalue weighted by Gasteiger charge is -2.33. The second-order valence-electron chi connectivity index (χ2n) is 5.78. The normalized spacial score (nSPS) is 31.8. The van der Waals surface area contributed by atoms with Crippen LogP contribution in [-0.2, 0) is 0 Å². The molecular formula is C14H28IN3. The van der Waals surface area contributed by atoms with Gasteiger partial charge in [0, 0.05) is 26.2 Å². The third kappa shape index (κ3) is 4.28. The zero-order valence-electron chi connectivity index (χ0n) is 12.0. The number of piperidine rings is 1. The largest absolute Gasteiger partial charge is 0.353 e. The van der Waals surface area contributed by atoms with Gasteiger partial charge in [-0.2, -0.15) is 0 Å². The minimum atomic E-state index is 0. The molecule has 0 radical (unpaired) electrons. The molecule has 1 saturated carbocycles. The van der Waals surface area contributed by atoms with Gasteiger partial charge in [0.1, 0.15) is 0 Å². The van der Waals surface area contributed by atoms with Crippen LogP contribution in [0.15, 0.2) is 4.99 Å². The topological polar surface area (TPSA) is 27.6 Å². The van der Waals surface area contributed by atoms with Crippen LogP contribution < -0.4 is 5.32 Å². The van der Waals surface area contributed by atoms with Crippen molar-refractivity contribution < 1.29 is 0 Å². The van der Waals surface area contributed by atoms with E-state index < -0.39 is 0 Å². The maximum atomic E-state index is 4.45. The summed E-state index contributed by atoms with van der Waals surface area (Å²) < 4.78 is 0. The van der Waals surface area contributed by atoms with Gasteiger partial charge in [-0.15, -0.1) is 24.0 Å². The Kier molecular flexibility index (Phi) is 6.74. The lowest BCUT2D eigenvalue weighted by atomic mass is 10.0. The molecule has 3 nitrogen and oxygen atoms in total. The lowest BCUT2D eigenvalue weighted by molar-refractivity contribution is 0.265. The lowest BCUT2D eigenvalue weighted by Crippen LogP contribution is -2.47. The molecule has 0 aromatic heterocycles. The van der Waals surface area contributed by atoms with Gasteiger partial charge in [0.15, 0.2) is 5.96 Å². The SMILES string of the molecule is CCCC1CC1NC(=NC)N1CCCC(C)C1.I. The third-order valence-electron chi connectivity index (χ3n) is 4.06. The number of halogens is 1. The Bertz CT molecular complexity index is 280. The van der Waals surface area contributed by atoms with Crippen LogP contribution >= 0.6 is 24.0 Å². The molecule has 0 spiro atoms. The average Bonchev–Trinajstić information content (AvgIpc) is 3.05. The van der Waals surface area contributed by atoms with Gasteiger partial charge >= 0.3 is 0 Å². The number of nitrogens with one attached hydrogen (secondary N) is 1. The minimum absolute atomic E-state index is 0. The zero-order valence-corrected chi connectivity index (χ0v) is 14.3. The van der Waals surface area contributed by atoms with Gasteiger partial charge in [-0.3, -0.25) is 4.99 Å². The molecule has 2 aliphatic rings. The van der Waals surface area contributed by atoms with Crippen LogP contribution in [0.2, 0.25) is 0 Å². The fourth-order valence-corrected chi connectivity index (χ4v) is 2.96. The van der Waals surface area contributed by atoms with Gasteiger partial charge < -0.3 is 10.2 Å². The first-order valence-corrected chi connectivity index (χ1v) is 7.22. The third-order valence-corrected chi connectivity index (χ3v) is 4.06. The van der Waals surface area contributed by atoms with E-state index in [0.717, 1.165) is 17.8 Å². The zero-order chi connectivity index (χ0) is 12.3. The number of guanidine groups is 1. The van der Waals surface area contributed by atoms with Crippen molar-refractivity contribution >= 4 is 29.9 Å². The average molecular weight is 365 g/mol. The Morgan fingerprint density at radius 3 is 2.83 bits per heavy atom. The van der Waals surface area contributed by atoms with E-state index in [1.807, 2.05) is 7.05 Å². The first-order valence-electron chi connectivity index (χ1n) is 7.22. The second kappa shape index (κ2) is 7.56. The summed E-state index contributed by atoms with van der Waals surface area (Å²) in [4.78, 5) is 6.89. The fraction of sp³-hybridized carbons (Fsp3) is 0.929. The van der Waals surface area contributed by atoms with E-state index >= 15 is 0 Å². The van der Waals surface area contributed by atoms with Crippen LogP contribution in [0.3, 0.4) is 0 Å². The van der Waals surface area contributed by atoms with Crippen LogP contribution in [-0.4, -0.2) is 37.0 Å². The summed E-state index contributed by atoms with van der Waals surface area (Å²) in [5, 5.41) is 3.64. The van der Waals surface area contributed by atoms with Crippen molar-refractivity contribution in [1.82, 2.24) is 10.2 Å². The highest BCUT2D eigenvalue weighted by atomic mass is 127. The highest BCUT2D eigenvalue weighted by molar-refractivity contribution is 14.0. The maximum absolute atomic E-state index is 4.45. The van der Waals surface area contributed by atoms with E-state index in [1.54, 1.807) is 0 Å². The maximum Gasteiger partial charge on any atom is 0.193 e. The number of aliphatic imine (C=N–C) groups is 1. The first-order chi connectivity index (χ1) is 8.24. The number of hydrogen-bond donors (Lipinski definition) is 1. The predicted molar refractivity (Wildman–Crippen MR) is 88.7 cm³/mol. The van der Waals surface area contributed by atoms with Crippen molar-refractivity contribution in [3.05, 3.63) is 0 Å². The Morgan fingerprint density at radius 1 is 1.44 bits per heavy atom. The van der Waals surface area contributed by atoms with E-state index in [4.69, 9.17) is 0 Å². The molecule has 18 heavy (non-hydrogen) atoms. The Balaban J connectivity index is 0.00000162. The van der Waals surface area contributed by atoms with Crippen molar-refractivity contribution in [3.8, 4) is 0 Å². The van der Waals surface area contributed by atoms with Gasteiger partial charge in [-0.25, -0.2) is 0 Å². The molecule has 1 N–H and O–H groups in total. The number of likely N-dealkylation sites (tertiary alicyclic amines) is 1. The molecule has 0 aromatic carbocycles. The summed E-state index contributed by atoms with van der Waals surface area (Å²) in [6.07, 6.45) is 6.70. The number of hydrogen-bond acceptors (Lipinski definition) is 1. The number of rotatable bonds is 3. The summed E-state index contributed by atoms with van der Waals surface area (Å²) in [5.41, 5.74) is 0. The molecule has 1 aliphatic heterocycles. The predicted octanol–water partition coefficient (Wildman–Crippen LogP) is 3.10. The fourth-order valence-electron chi connectivity index (χ4n) is 2.96. The Morgan fingerprint density at radius 2 is 2.22 bits per heavy atom. The van der Waals surface area contributed by atoms with Gasteiger partial charge in [-0.1, -0.05) is 20.3 Å². The molecule has 4 heteroatoms. The van der Waals surface area contributed by atoms with Gasteiger partial charge in [0.05, 0.1) is 0 Å². The molecule has 3 atom stereocenters. The molecule has 1 saturated heterocycles. The molecule has 0 amide bonds. The highest BCUT2D eigenvalue weighted by Crippen LogP contribution is 2.34. The summed E-state index contributed by atoms with van der Waals surface area (Å²) in [7, 11) is 1.92. The van der Waals surface area contributed by atoms with Gasteiger partial charge in [0.25, 0.3) is 0 Å². The summed E-state index contributed by atoms with van der Waals surface area (Å²) in [6, 6.07) is 0.700. The molecule has 0 bridgehead atoms. The van der Waals surface area contributed by atoms with Crippen LogP contribution in [0, 0.1) is 11.8 Å². The molecule has 1 heterocycles. The van der Waals surface area contributed by atoms with Gasteiger partial charge in [0.2, 0.25) is 0 Å². The van der Waals surface area contributed by atoms with Crippen LogP contribution in [0.4, 0.5) is 0 Å². The first kappa shape index (κ1) is 16.1. The highest BCUT2D eigenvalue weighted by Gasteiger charge is 2.37. The van der Waals surface area contributed by atoms with E-state index in [9.17, 15) is 0 Å². The van der Waals surface area contributed by atoms with Crippen molar-refractivity contribution in [2.45, 2.75) is 52.0 Å². The molecule has 2 rings (SSSR count). The molecule has 0 aromatic rings. The van der Waals surface area contributed by atoms with Crippen molar-refractivity contribution in [2.75, 3.05) is 20.1 Å². The summed E-state index contributed by atoms with van der Waals surface area (Å²) >= 11 is 0. The van der Waals surface area contributed by atoms with E-state index in [1.165, 1.54) is 45.2 Å². The molecule has 2 fully saturated rings. The van der Waals surface area contributed by atoms with E-state index in [0.29, 0.717) is 6.04 Å². The van der Waals surface area contributed by atoms with E-state index in [-0.39, 0.29) is 24.0 Å². The van der Waals surface area contributed by atoms with Crippen molar-refractivity contribution in [3.63, 3.8) is 0 Å². The van der Waals surface area contributed by atoms with Gasteiger partial charge in [-0.05, 0) is 37.5 Å². The molecule has 1 aliphatic carbocycles. The molecular weight excluding hydrogens is 337 g/mol. The van der Waals surface area contributed by atoms with Crippen LogP contribution in [0.1, 0.15) is 46.0 Å². The Labute approximate surface area is 129 Å². The summed E-state index contributed by atoms with van der Waals surface area (Å²) in [5.74, 6) is 2.85. The second-order valence-corrected chi connectivity index (χ2v) is 5.78. The van der Waals surface area contributed by atoms with Crippen molar-refractivity contribution in [2.24, 2.45) is 16.8 Å². The smallest absolute Gasteiger partial charge is 0.193 e. The Hall–Kier alpha value is 0. The number of nitrogens with zero attached hydrogens (tertiary/aromatic N) is 2. The summed E-state index contributed by atoms with van der Waals surface area (Å²) in [6.45, 7) is 6.97. The van der Waals surface area contributed by atoms with Crippen molar-refractivity contribution in [1.29, 1.82) is 0 Å². The monoisotopic (exact) mass is 365 g/mol. The minimum Gasteiger partial charge on any atom is -0.353 e. The molecule has 106 valence electrons. The quantitative estimate of drug-likeness (QED) is 0.473. The standard InChI is InChI=1S/C14H27N3.HI/c1-4-6-12-9-13(12)16-14(15-3)17-8-5-7-11(2)10-17;/h11-13H,4-10H2,1-3H3,(H,15,16);1H. The van der Waals surface area contributed by atoms with Crippen LogP contribution in [0.25, 0.3) is 0 Å². The van der Waals surface area contributed by atoms with E-state index in [2.05, 4.69) is 29.1 Å². The molecule has 3 unspecified atom stereocenters. The van der Waals surface area contributed by atoms with Crippen LogP contribution in [0.5, 0.6) is 0 Å².